The van der Waals surface area contributed by atoms with E-state index in [2.05, 4.69) is 40.7 Å². The van der Waals surface area contributed by atoms with Crippen molar-refractivity contribution in [2.75, 3.05) is 6.61 Å². The van der Waals surface area contributed by atoms with E-state index in [9.17, 15) is 5.11 Å². The van der Waals surface area contributed by atoms with E-state index in [1.807, 2.05) is 0 Å². The van der Waals surface area contributed by atoms with Gasteiger partial charge in [0.15, 0.2) is 0 Å². The zero-order valence-corrected chi connectivity index (χ0v) is 10.7. The van der Waals surface area contributed by atoms with Gasteiger partial charge in [-0.25, -0.2) is 0 Å². The second-order valence-electron chi connectivity index (χ2n) is 7.01. The van der Waals surface area contributed by atoms with Crippen LogP contribution in [0.1, 0.15) is 41.0 Å². The first-order valence-corrected chi connectivity index (χ1v) is 6.10. The van der Waals surface area contributed by atoms with Gasteiger partial charge in [-0.1, -0.05) is 40.7 Å². The summed E-state index contributed by atoms with van der Waals surface area (Å²) in [5.74, 6) is 2.10. The van der Waals surface area contributed by atoms with E-state index in [4.69, 9.17) is 0 Å². The van der Waals surface area contributed by atoms with Crippen molar-refractivity contribution in [1.82, 2.24) is 0 Å². The molecule has 1 heteroatoms. The summed E-state index contributed by atoms with van der Waals surface area (Å²) < 4.78 is 0. The number of aliphatic hydroxyl groups is 1. The number of hydrogen-bond acceptors (Lipinski definition) is 1. The van der Waals surface area contributed by atoms with Gasteiger partial charge in [-0.2, -0.15) is 0 Å². The van der Waals surface area contributed by atoms with Crippen LogP contribution in [0.5, 0.6) is 0 Å². The highest BCUT2D eigenvalue weighted by Gasteiger charge is 2.56. The lowest BCUT2D eigenvalue weighted by Crippen LogP contribution is -2.55. The topological polar surface area (TPSA) is 20.2 Å². The molecule has 1 saturated carbocycles. The molecule has 3 aliphatic carbocycles. The van der Waals surface area contributed by atoms with Crippen LogP contribution in [-0.4, -0.2) is 11.7 Å². The fourth-order valence-corrected chi connectivity index (χ4v) is 3.68. The first kappa shape index (κ1) is 11.2. The van der Waals surface area contributed by atoms with Gasteiger partial charge in [0.25, 0.3) is 0 Å². The summed E-state index contributed by atoms with van der Waals surface area (Å²) in [5, 5.41) is 9.43. The molecule has 0 saturated heterocycles. The fraction of sp³-hybridized carbons (Fsp3) is 0.857. The first-order chi connectivity index (χ1) is 6.78. The van der Waals surface area contributed by atoms with Crippen LogP contribution in [0.4, 0.5) is 0 Å². The molecule has 15 heavy (non-hydrogen) atoms. The Morgan fingerprint density at radius 1 is 1.40 bits per heavy atom. The van der Waals surface area contributed by atoms with Gasteiger partial charge in [-0.3, -0.25) is 0 Å². The van der Waals surface area contributed by atoms with Gasteiger partial charge in [0, 0.05) is 0 Å². The number of rotatable bonds is 1. The normalized spacial score (nSPS) is 38.3. The zero-order valence-electron chi connectivity index (χ0n) is 10.7. The number of fused-ring (bicyclic) bond motifs is 1. The van der Waals surface area contributed by atoms with Gasteiger partial charge in [-0.15, -0.1) is 0 Å². The maximum absolute atomic E-state index is 9.43. The molecule has 1 nitrogen and oxygen atoms in total. The number of hydrogen-bond donors (Lipinski definition) is 1. The van der Waals surface area contributed by atoms with Crippen LogP contribution < -0.4 is 0 Å². The Kier molecular flexibility index (Phi) is 2.31. The molecule has 0 heterocycles. The Morgan fingerprint density at radius 3 is 2.40 bits per heavy atom. The van der Waals surface area contributed by atoms with Gasteiger partial charge in [0.1, 0.15) is 0 Å². The van der Waals surface area contributed by atoms with E-state index in [0.29, 0.717) is 22.7 Å². The average molecular weight is 208 g/mol. The summed E-state index contributed by atoms with van der Waals surface area (Å²) in [4.78, 5) is 0. The van der Waals surface area contributed by atoms with Crippen LogP contribution in [-0.2, 0) is 0 Å². The van der Waals surface area contributed by atoms with Gasteiger partial charge in [0.2, 0.25) is 0 Å². The van der Waals surface area contributed by atoms with Crippen molar-refractivity contribution in [3.05, 3.63) is 11.6 Å². The highest BCUT2D eigenvalue weighted by molar-refractivity contribution is 5.27. The van der Waals surface area contributed by atoms with Gasteiger partial charge in [0.05, 0.1) is 6.61 Å². The van der Waals surface area contributed by atoms with Crippen molar-refractivity contribution in [2.45, 2.75) is 41.0 Å². The summed E-state index contributed by atoms with van der Waals surface area (Å²) in [6.07, 6.45) is 3.66. The molecule has 3 unspecified atom stereocenters. The van der Waals surface area contributed by atoms with E-state index in [1.165, 1.54) is 12.0 Å². The predicted molar refractivity (Wildman–Crippen MR) is 63.5 cm³/mol. The second kappa shape index (κ2) is 3.10. The molecule has 0 radical (unpaired) electrons. The molecule has 0 aromatic rings. The zero-order chi connectivity index (χ0) is 11.4. The maximum Gasteiger partial charge on any atom is 0.0644 e. The van der Waals surface area contributed by atoms with Crippen molar-refractivity contribution in [2.24, 2.45) is 28.6 Å². The highest BCUT2D eigenvalue weighted by atomic mass is 16.3. The maximum atomic E-state index is 9.43. The standard InChI is InChI=1S/C14H24O/c1-13(2,3)11-6-9(8-15)10-7-12(11)14(10,4)5/h6,10-12,15H,7-8H2,1-5H3. The Hall–Kier alpha value is -0.300. The van der Waals surface area contributed by atoms with Crippen molar-refractivity contribution < 1.29 is 5.11 Å². The summed E-state index contributed by atoms with van der Waals surface area (Å²) >= 11 is 0. The molecule has 0 aromatic heterocycles. The molecule has 0 aromatic carbocycles. The van der Waals surface area contributed by atoms with Crippen LogP contribution in [0, 0.1) is 28.6 Å². The van der Waals surface area contributed by atoms with Crippen molar-refractivity contribution in [3.8, 4) is 0 Å². The molecule has 0 spiro atoms. The molecule has 3 rings (SSSR count). The fourth-order valence-electron chi connectivity index (χ4n) is 3.68. The Morgan fingerprint density at radius 2 is 2.00 bits per heavy atom. The van der Waals surface area contributed by atoms with Gasteiger partial charge >= 0.3 is 0 Å². The monoisotopic (exact) mass is 208 g/mol. The minimum Gasteiger partial charge on any atom is -0.392 e. The summed E-state index contributed by atoms with van der Waals surface area (Å²) in [7, 11) is 0. The summed E-state index contributed by atoms with van der Waals surface area (Å²) in [6.45, 7) is 11.9. The number of allylic oxidation sites excluding steroid dienone is 1. The molecule has 1 N–H and O–H groups in total. The number of aliphatic hydroxyl groups excluding tert-OH is 1. The van der Waals surface area contributed by atoms with Gasteiger partial charge < -0.3 is 5.11 Å². The Bertz CT molecular complexity index is 293. The van der Waals surface area contributed by atoms with Crippen LogP contribution in [0.2, 0.25) is 0 Å². The van der Waals surface area contributed by atoms with Crippen LogP contribution in [0.3, 0.4) is 0 Å². The largest absolute Gasteiger partial charge is 0.392 e. The van der Waals surface area contributed by atoms with Crippen LogP contribution >= 0.6 is 0 Å². The molecule has 86 valence electrons. The molecule has 3 aliphatic rings. The third-order valence-electron chi connectivity index (χ3n) is 4.80. The van der Waals surface area contributed by atoms with Crippen molar-refractivity contribution >= 4 is 0 Å². The second-order valence-corrected chi connectivity index (χ2v) is 7.01. The smallest absolute Gasteiger partial charge is 0.0644 e. The third kappa shape index (κ3) is 1.47. The van der Waals surface area contributed by atoms with E-state index in [-0.39, 0.29) is 6.61 Å². The Labute approximate surface area is 93.6 Å². The molecule has 0 aliphatic heterocycles. The molecular formula is C14H24O. The quantitative estimate of drug-likeness (QED) is 0.656. The lowest BCUT2D eigenvalue weighted by molar-refractivity contribution is -0.0728. The van der Waals surface area contributed by atoms with E-state index in [0.717, 1.165) is 5.92 Å². The Balaban J connectivity index is 2.35. The summed E-state index contributed by atoms with van der Waals surface area (Å²) in [6, 6.07) is 0. The summed E-state index contributed by atoms with van der Waals surface area (Å²) in [5.41, 5.74) is 2.03. The van der Waals surface area contributed by atoms with Crippen molar-refractivity contribution in [3.63, 3.8) is 0 Å². The van der Waals surface area contributed by atoms with E-state index >= 15 is 0 Å². The average Bonchev–Trinajstić information content (AvgIpc) is 2.15. The minimum atomic E-state index is 0.257. The SMILES string of the molecule is CC(C)(C)C1C=C(CO)C2CC1C2(C)C. The molecule has 3 atom stereocenters. The lowest BCUT2D eigenvalue weighted by Gasteiger charge is -2.61. The van der Waals surface area contributed by atoms with Crippen LogP contribution in [0.15, 0.2) is 11.6 Å². The minimum absolute atomic E-state index is 0.257. The van der Waals surface area contributed by atoms with E-state index in [1.54, 1.807) is 0 Å². The van der Waals surface area contributed by atoms with Gasteiger partial charge in [-0.05, 0) is 40.6 Å². The molecule has 2 bridgehead atoms. The predicted octanol–water partition coefficient (Wildman–Crippen LogP) is 3.24. The highest BCUT2D eigenvalue weighted by Crippen LogP contribution is 2.63. The molecule has 1 fully saturated rings. The lowest BCUT2D eigenvalue weighted by atomic mass is 9.43. The van der Waals surface area contributed by atoms with Crippen molar-refractivity contribution in [1.29, 1.82) is 0 Å². The molecule has 0 amide bonds. The molecular weight excluding hydrogens is 184 g/mol. The third-order valence-corrected chi connectivity index (χ3v) is 4.80. The van der Waals surface area contributed by atoms with Crippen LogP contribution in [0.25, 0.3) is 0 Å². The first-order valence-electron chi connectivity index (χ1n) is 6.10. The van der Waals surface area contributed by atoms with E-state index < -0.39 is 0 Å².